The number of rotatable bonds is 9. The molecule has 0 aliphatic heterocycles. The second-order valence-corrected chi connectivity index (χ2v) is 5.88. The van der Waals surface area contributed by atoms with Crippen molar-refractivity contribution in [1.29, 1.82) is 0 Å². The van der Waals surface area contributed by atoms with E-state index in [9.17, 15) is 14.4 Å². The normalized spacial score (nSPS) is 10.1. The van der Waals surface area contributed by atoms with Crippen LogP contribution in [0.25, 0.3) is 0 Å². The quantitative estimate of drug-likeness (QED) is 0.527. The topological polar surface area (TPSA) is 90.9 Å². The van der Waals surface area contributed by atoms with Crippen molar-refractivity contribution in [2.75, 3.05) is 20.3 Å². The van der Waals surface area contributed by atoms with Crippen molar-refractivity contribution in [2.45, 2.75) is 20.5 Å². The second kappa shape index (κ2) is 10.1. The number of ketones is 1. The third-order valence-electron chi connectivity index (χ3n) is 3.90. The van der Waals surface area contributed by atoms with Crippen molar-refractivity contribution >= 4 is 17.7 Å². The van der Waals surface area contributed by atoms with Crippen LogP contribution >= 0.6 is 0 Å². The second-order valence-electron chi connectivity index (χ2n) is 5.88. The minimum Gasteiger partial charge on any atom is -0.496 e. The maximum absolute atomic E-state index is 12.1. The van der Waals surface area contributed by atoms with Gasteiger partial charge in [0.15, 0.2) is 5.78 Å². The van der Waals surface area contributed by atoms with Crippen molar-refractivity contribution in [1.82, 2.24) is 5.32 Å². The first-order chi connectivity index (χ1) is 13.4. The lowest BCUT2D eigenvalue weighted by molar-refractivity contribution is -0.143. The SMILES string of the molecule is CCOc1ccc(C(=O)NCC(=O)OCc2cc(C(C)=O)ccc2OC)cc1. The van der Waals surface area contributed by atoms with Gasteiger partial charge in [0.1, 0.15) is 24.7 Å². The Bertz CT molecular complexity index is 844. The number of esters is 1. The molecule has 7 heteroatoms. The van der Waals surface area contributed by atoms with Crippen molar-refractivity contribution in [3.8, 4) is 11.5 Å². The highest BCUT2D eigenvalue weighted by Gasteiger charge is 2.12. The van der Waals surface area contributed by atoms with Crippen molar-refractivity contribution < 1.29 is 28.6 Å². The average molecular weight is 385 g/mol. The fourth-order valence-corrected chi connectivity index (χ4v) is 2.44. The first-order valence-electron chi connectivity index (χ1n) is 8.79. The maximum Gasteiger partial charge on any atom is 0.325 e. The summed E-state index contributed by atoms with van der Waals surface area (Å²) in [5, 5.41) is 2.51. The molecular weight excluding hydrogens is 362 g/mol. The summed E-state index contributed by atoms with van der Waals surface area (Å²) < 4.78 is 15.7. The predicted molar refractivity (Wildman–Crippen MR) is 103 cm³/mol. The summed E-state index contributed by atoms with van der Waals surface area (Å²) in [6, 6.07) is 11.5. The molecule has 0 heterocycles. The Morgan fingerprint density at radius 3 is 2.29 bits per heavy atom. The van der Waals surface area contributed by atoms with Gasteiger partial charge < -0.3 is 19.5 Å². The number of hydrogen-bond donors (Lipinski definition) is 1. The lowest BCUT2D eigenvalue weighted by Gasteiger charge is -2.11. The minimum atomic E-state index is -0.602. The maximum atomic E-state index is 12.1. The van der Waals surface area contributed by atoms with Gasteiger partial charge in [-0.15, -0.1) is 0 Å². The lowest BCUT2D eigenvalue weighted by atomic mass is 10.1. The summed E-state index contributed by atoms with van der Waals surface area (Å²) in [6.45, 7) is 3.52. The van der Waals surface area contributed by atoms with Crippen LogP contribution in [0, 0.1) is 0 Å². The van der Waals surface area contributed by atoms with E-state index >= 15 is 0 Å². The Balaban J connectivity index is 1.88. The monoisotopic (exact) mass is 385 g/mol. The molecule has 1 N–H and O–H groups in total. The van der Waals surface area contributed by atoms with Crippen LogP contribution in [-0.4, -0.2) is 37.9 Å². The highest BCUT2D eigenvalue weighted by Crippen LogP contribution is 2.21. The molecule has 0 aromatic heterocycles. The van der Waals surface area contributed by atoms with E-state index in [1.54, 1.807) is 42.5 Å². The zero-order valence-corrected chi connectivity index (χ0v) is 16.1. The van der Waals surface area contributed by atoms with E-state index in [4.69, 9.17) is 14.2 Å². The van der Waals surface area contributed by atoms with E-state index in [-0.39, 0.29) is 18.9 Å². The first-order valence-corrected chi connectivity index (χ1v) is 8.79. The van der Waals surface area contributed by atoms with E-state index < -0.39 is 11.9 Å². The number of nitrogens with one attached hydrogen (secondary N) is 1. The Morgan fingerprint density at radius 1 is 1.00 bits per heavy atom. The summed E-state index contributed by atoms with van der Waals surface area (Å²) in [4.78, 5) is 35.5. The molecule has 0 aliphatic carbocycles. The molecule has 0 spiro atoms. The Hall–Kier alpha value is -3.35. The van der Waals surface area contributed by atoms with Gasteiger partial charge in [0.25, 0.3) is 5.91 Å². The van der Waals surface area contributed by atoms with Crippen LogP contribution in [0.15, 0.2) is 42.5 Å². The number of ether oxygens (including phenoxy) is 3. The molecule has 0 fully saturated rings. The van der Waals surface area contributed by atoms with Crippen LogP contribution < -0.4 is 14.8 Å². The Morgan fingerprint density at radius 2 is 1.68 bits per heavy atom. The molecule has 2 aromatic rings. The number of Topliss-reactive ketones (excluding diaryl/α,β-unsaturated/α-hetero) is 1. The molecule has 2 rings (SSSR count). The van der Waals surface area contributed by atoms with Crippen LogP contribution in [-0.2, 0) is 16.1 Å². The van der Waals surface area contributed by atoms with Crippen LogP contribution in [0.3, 0.4) is 0 Å². The van der Waals surface area contributed by atoms with Crippen LogP contribution in [0.1, 0.15) is 40.1 Å². The predicted octanol–water partition coefficient (Wildman–Crippen LogP) is 2.77. The lowest BCUT2D eigenvalue weighted by Crippen LogP contribution is -2.30. The van der Waals surface area contributed by atoms with Gasteiger partial charge in [0.05, 0.1) is 13.7 Å². The van der Waals surface area contributed by atoms with Crippen molar-refractivity contribution in [3.05, 3.63) is 59.2 Å². The van der Waals surface area contributed by atoms with Crippen molar-refractivity contribution in [3.63, 3.8) is 0 Å². The standard InChI is InChI=1S/C21H23NO6/c1-4-27-18-8-5-15(6-9-18)21(25)22-12-20(24)28-13-17-11-16(14(2)23)7-10-19(17)26-3/h5-11H,4,12-13H2,1-3H3,(H,22,25). The summed E-state index contributed by atoms with van der Waals surface area (Å²) in [5.74, 6) is 0.0833. The number of amides is 1. The zero-order chi connectivity index (χ0) is 20.5. The van der Waals surface area contributed by atoms with E-state index in [0.717, 1.165) is 0 Å². The van der Waals surface area contributed by atoms with Gasteiger partial charge in [0.2, 0.25) is 0 Å². The summed E-state index contributed by atoms with van der Waals surface area (Å²) in [7, 11) is 1.49. The molecule has 0 bridgehead atoms. The molecule has 0 aliphatic rings. The molecule has 0 radical (unpaired) electrons. The zero-order valence-electron chi connectivity index (χ0n) is 16.1. The molecule has 28 heavy (non-hydrogen) atoms. The highest BCUT2D eigenvalue weighted by molar-refractivity contribution is 5.96. The van der Waals surface area contributed by atoms with Gasteiger partial charge in [-0.25, -0.2) is 0 Å². The molecule has 0 atom stereocenters. The fraction of sp³-hybridized carbons (Fsp3) is 0.286. The van der Waals surface area contributed by atoms with Gasteiger partial charge in [-0.05, 0) is 56.3 Å². The number of carbonyl (C=O) groups is 3. The molecule has 148 valence electrons. The van der Waals surface area contributed by atoms with Crippen LogP contribution in [0.4, 0.5) is 0 Å². The molecule has 0 saturated heterocycles. The van der Waals surface area contributed by atoms with Gasteiger partial charge in [-0.2, -0.15) is 0 Å². The van der Waals surface area contributed by atoms with Gasteiger partial charge in [0, 0.05) is 16.7 Å². The number of methoxy groups -OCH3 is 1. The highest BCUT2D eigenvalue weighted by atomic mass is 16.5. The Kier molecular flexibility index (Phi) is 7.56. The molecule has 0 unspecified atom stereocenters. The third-order valence-corrected chi connectivity index (χ3v) is 3.90. The van der Waals surface area contributed by atoms with Gasteiger partial charge in [-0.3, -0.25) is 14.4 Å². The largest absolute Gasteiger partial charge is 0.496 e. The average Bonchev–Trinajstić information content (AvgIpc) is 2.70. The fourth-order valence-electron chi connectivity index (χ4n) is 2.44. The number of benzene rings is 2. The van der Waals surface area contributed by atoms with E-state index in [1.807, 2.05) is 6.92 Å². The number of carbonyl (C=O) groups excluding carboxylic acids is 3. The minimum absolute atomic E-state index is 0.0674. The summed E-state index contributed by atoms with van der Waals surface area (Å²) in [5.41, 5.74) is 1.48. The molecule has 7 nitrogen and oxygen atoms in total. The van der Waals surface area contributed by atoms with Crippen LogP contribution in [0.5, 0.6) is 11.5 Å². The molecule has 0 saturated carbocycles. The third kappa shape index (κ3) is 5.84. The Labute approximate surface area is 163 Å². The van der Waals surface area contributed by atoms with Crippen LogP contribution in [0.2, 0.25) is 0 Å². The molecule has 1 amide bonds. The van der Waals surface area contributed by atoms with Gasteiger partial charge >= 0.3 is 5.97 Å². The smallest absolute Gasteiger partial charge is 0.325 e. The first kappa shape index (κ1) is 21.0. The number of hydrogen-bond acceptors (Lipinski definition) is 6. The molecule has 2 aromatic carbocycles. The van der Waals surface area contributed by atoms with Gasteiger partial charge in [-0.1, -0.05) is 0 Å². The summed E-state index contributed by atoms with van der Waals surface area (Å²) >= 11 is 0. The summed E-state index contributed by atoms with van der Waals surface area (Å²) in [6.07, 6.45) is 0. The van der Waals surface area contributed by atoms with E-state index in [0.29, 0.717) is 34.8 Å². The van der Waals surface area contributed by atoms with E-state index in [1.165, 1.54) is 14.0 Å². The van der Waals surface area contributed by atoms with E-state index in [2.05, 4.69) is 5.32 Å². The molecular formula is C21H23NO6. The van der Waals surface area contributed by atoms with Crippen molar-refractivity contribution in [2.24, 2.45) is 0 Å².